The smallest absolute Gasteiger partial charge is 0.339 e. The number of hydrogen-bond acceptors (Lipinski definition) is 6. The van der Waals surface area contributed by atoms with Crippen LogP contribution >= 0.6 is 0 Å². The second-order valence-corrected chi connectivity index (χ2v) is 16.6. The number of benzene rings is 1. The Kier molecular flexibility index (Phi) is 5.86. The summed E-state index contributed by atoms with van der Waals surface area (Å²) in [4.78, 5) is 13.3. The lowest BCUT2D eigenvalue weighted by Crippen LogP contribution is -2.66. The predicted octanol–water partition coefficient (Wildman–Crippen LogP) is 6.36. The Morgan fingerprint density at radius 2 is 1.77 bits per heavy atom. The van der Waals surface area contributed by atoms with Crippen molar-refractivity contribution in [1.29, 1.82) is 0 Å². The molecule has 10 atom stereocenters. The van der Waals surface area contributed by atoms with E-state index >= 15 is 0 Å². The van der Waals surface area contributed by atoms with Gasteiger partial charge in [0.25, 0.3) is 0 Å². The quantitative estimate of drug-likeness (QED) is 0.279. The molecular formula is C38H48O6. The van der Waals surface area contributed by atoms with E-state index in [1.54, 1.807) is 6.08 Å². The largest absolute Gasteiger partial charge is 0.461 e. The number of rotatable bonds is 4. The van der Waals surface area contributed by atoms with Gasteiger partial charge in [0.05, 0.1) is 12.7 Å². The lowest BCUT2D eigenvalue weighted by Gasteiger charge is -2.67. The lowest BCUT2D eigenvalue weighted by molar-refractivity contribution is -0.213. The van der Waals surface area contributed by atoms with E-state index in [0.717, 1.165) is 67.6 Å². The zero-order valence-corrected chi connectivity index (χ0v) is 26.9. The Balaban J connectivity index is 1.15. The summed E-state index contributed by atoms with van der Waals surface area (Å²) >= 11 is 0. The van der Waals surface area contributed by atoms with Gasteiger partial charge in [-0.1, -0.05) is 58.0 Å². The minimum absolute atomic E-state index is 0.0429. The molecule has 3 N–H and O–H groups in total. The molecule has 44 heavy (non-hydrogen) atoms. The summed E-state index contributed by atoms with van der Waals surface area (Å²) in [6.45, 7) is 11.3. The Morgan fingerprint density at radius 3 is 2.50 bits per heavy atom. The van der Waals surface area contributed by atoms with Crippen LogP contribution in [0.1, 0.15) is 90.9 Å². The zero-order chi connectivity index (χ0) is 31.1. The van der Waals surface area contributed by atoms with Crippen LogP contribution in [0.2, 0.25) is 0 Å². The van der Waals surface area contributed by atoms with Crippen LogP contribution < -0.4 is 0 Å². The van der Waals surface area contributed by atoms with Crippen LogP contribution in [0.5, 0.6) is 0 Å². The average molecular weight is 601 g/mol. The highest BCUT2D eigenvalue weighted by Gasteiger charge is 2.87. The van der Waals surface area contributed by atoms with Crippen molar-refractivity contribution in [3.63, 3.8) is 0 Å². The maximum atomic E-state index is 13.3. The number of carbonyl (C=O) groups excluding carboxylic acids is 1. The van der Waals surface area contributed by atoms with E-state index in [9.17, 15) is 20.1 Å². The molecule has 8 rings (SSSR count). The molecule has 6 aliphatic rings. The molecule has 1 saturated heterocycles. The normalized spacial score (nSPS) is 46.8. The first-order valence-electron chi connectivity index (χ1n) is 16.9. The fraction of sp³-hybridized carbons (Fsp3) is 0.658. The summed E-state index contributed by atoms with van der Waals surface area (Å²) < 4.78 is 12.4. The summed E-state index contributed by atoms with van der Waals surface area (Å²) in [5.41, 5.74) is 0.867. The molecule has 6 nitrogen and oxygen atoms in total. The Morgan fingerprint density at radius 1 is 1.05 bits per heavy atom. The van der Waals surface area contributed by atoms with Crippen molar-refractivity contribution in [2.45, 2.75) is 109 Å². The van der Waals surface area contributed by atoms with E-state index in [1.807, 2.05) is 13.0 Å². The molecular weight excluding hydrogens is 552 g/mol. The Bertz CT molecular complexity index is 1560. The van der Waals surface area contributed by atoms with Gasteiger partial charge in [0.15, 0.2) is 5.60 Å². The molecule has 1 aliphatic heterocycles. The molecule has 5 fully saturated rings. The first-order chi connectivity index (χ1) is 20.8. The molecule has 2 aromatic rings. The predicted molar refractivity (Wildman–Crippen MR) is 166 cm³/mol. The van der Waals surface area contributed by atoms with Crippen LogP contribution in [0.25, 0.3) is 11.3 Å². The average Bonchev–Trinajstić information content (AvgIpc) is 3.20. The summed E-state index contributed by atoms with van der Waals surface area (Å²) in [5.74, 6) is 1.97. The summed E-state index contributed by atoms with van der Waals surface area (Å²) in [7, 11) is 0. The minimum atomic E-state index is -1.52. The molecule has 0 unspecified atom stereocenters. The zero-order valence-electron chi connectivity index (χ0n) is 26.9. The van der Waals surface area contributed by atoms with E-state index < -0.39 is 23.8 Å². The van der Waals surface area contributed by atoms with Gasteiger partial charge in [-0.3, -0.25) is 0 Å². The summed E-state index contributed by atoms with van der Waals surface area (Å²) in [6, 6.07) is 12.6. The van der Waals surface area contributed by atoms with E-state index in [2.05, 4.69) is 58.0 Å². The number of aliphatic hydroxyl groups excluding tert-OH is 2. The minimum Gasteiger partial charge on any atom is -0.461 e. The van der Waals surface area contributed by atoms with E-state index in [0.29, 0.717) is 11.8 Å². The van der Waals surface area contributed by atoms with Crippen LogP contribution in [0.15, 0.2) is 52.5 Å². The van der Waals surface area contributed by atoms with Gasteiger partial charge in [0.2, 0.25) is 0 Å². The molecule has 0 radical (unpaired) electrons. The highest BCUT2D eigenvalue weighted by Crippen LogP contribution is 2.91. The van der Waals surface area contributed by atoms with Crippen LogP contribution in [0.3, 0.4) is 0 Å². The first kappa shape index (κ1) is 29.0. The molecule has 1 aromatic heterocycles. The molecule has 236 valence electrons. The van der Waals surface area contributed by atoms with E-state index in [4.69, 9.17) is 9.15 Å². The van der Waals surface area contributed by atoms with Crippen LogP contribution in [-0.2, 0) is 21.4 Å². The molecule has 2 heterocycles. The van der Waals surface area contributed by atoms with E-state index in [1.165, 1.54) is 5.56 Å². The van der Waals surface area contributed by atoms with Crippen LogP contribution in [-0.4, -0.2) is 45.7 Å². The third kappa shape index (κ3) is 3.30. The van der Waals surface area contributed by atoms with Crippen molar-refractivity contribution in [1.82, 2.24) is 0 Å². The molecule has 4 saturated carbocycles. The SMILES string of the molecule is C/C(=C\[C@H]1C[C@@](O)([C@@H]2CC[C@]34C[C@]23CC[C@@H]2[C@@]3(C)Cc5oc(-c6ccccc6)cc5C(C)(C)[C@@H]3C[C@H](O)[C@]24C)C(=O)O1)CO. The number of fused-ring (bicyclic) bond motifs is 4. The second-order valence-electron chi connectivity index (χ2n) is 16.6. The fourth-order valence-corrected chi connectivity index (χ4v) is 12.9. The van der Waals surface area contributed by atoms with Crippen molar-refractivity contribution in [2.24, 2.45) is 39.4 Å². The van der Waals surface area contributed by atoms with Gasteiger partial charge in [0, 0.05) is 35.3 Å². The van der Waals surface area contributed by atoms with Crippen molar-refractivity contribution in [3.05, 3.63) is 59.4 Å². The van der Waals surface area contributed by atoms with Crippen LogP contribution in [0.4, 0.5) is 0 Å². The van der Waals surface area contributed by atoms with Gasteiger partial charge in [-0.2, -0.15) is 0 Å². The molecule has 5 aliphatic carbocycles. The number of aliphatic hydroxyl groups is 3. The summed E-state index contributed by atoms with van der Waals surface area (Å²) in [5, 5.41) is 33.9. The topological polar surface area (TPSA) is 100 Å². The number of carbonyl (C=O) groups is 1. The molecule has 0 amide bonds. The van der Waals surface area contributed by atoms with Crippen molar-refractivity contribution < 1.29 is 29.3 Å². The van der Waals surface area contributed by atoms with Crippen LogP contribution in [0, 0.1) is 39.4 Å². The molecule has 6 heteroatoms. The number of esters is 1. The molecule has 0 spiro atoms. The standard InChI is InChI=1S/C38H48O6/c1-22(20-39)15-24-18-38(42,32(41)43-24)29-12-14-37-21-36(29,37)13-11-28-34(4)19-27-25(16-26(44-27)23-9-7-6-8-10-23)33(2,3)30(34)17-31(40)35(28,37)5/h6-10,15-16,24,28-31,39-40,42H,11-14,17-21H2,1-5H3/b22-15+/t24-,28+,29+,30-,31-,34+,35-,36+,37+,38+/m0/s1. The van der Waals surface area contributed by atoms with Crippen molar-refractivity contribution in [3.8, 4) is 11.3 Å². The molecule has 0 bridgehead atoms. The first-order valence-corrected chi connectivity index (χ1v) is 16.9. The van der Waals surface area contributed by atoms with Crippen molar-refractivity contribution in [2.75, 3.05) is 6.61 Å². The number of hydrogen-bond donors (Lipinski definition) is 3. The summed E-state index contributed by atoms with van der Waals surface area (Å²) in [6.07, 6.45) is 7.33. The second kappa shape index (κ2) is 8.89. The van der Waals surface area contributed by atoms with E-state index in [-0.39, 0.29) is 46.0 Å². The number of ether oxygens (including phenoxy) is 1. The Hall–Kier alpha value is -2.41. The third-order valence-corrected chi connectivity index (χ3v) is 14.7. The molecule has 1 aromatic carbocycles. The monoisotopic (exact) mass is 600 g/mol. The van der Waals surface area contributed by atoms with Gasteiger partial charge < -0.3 is 24.5 Å². The van der Waals surface area contributed by atoms with Gasteiger partial charge >= 0.3 is 5.97 Å². The number of cyclic esters (lactones) is 1. The van der Waals surface area contributed by atoms with Gasteiger partial charge in [-0.05, 0) is 96.7 Å². The highest BCUT2D eigenvalue weighted by atomic mass is 16.6. The maximum absolute atomic E-state index is 13.3. The lowest BCUT2D eigenvalue weighted by atomic mass is 9.37. The Labute approximate surface area is 260 Å². The third-order valence-electron chi connectivity index (χ3n) is 14.7. The highest BCUT2D eigenvalue weighted by molar-refractivity contribution is 5.83. The van der Waals surface area contributed by atoms with Gasteiger partial charge in [-0.25, -0.2) is 4.79 Å². The fourth-order valence-electron chi connectivity index (χ4n) is 12.9. The number of furan rings is 1. The van der Waals surface area contributed by atoms with Crippen molar-refractivity contribution >= 4 is 5.97 Å². The maximum Gasteiger partial charge on any atom is 0.339 e. The van der Waals surface area contributed by atoms with Gasteiger partial charge in [0.1, 0.15) is 17.6 Å². The van der Waals surface area contributed by atoms with Gasteiger partial charge in [-0.15, -0.1) is 0 Å².